The minimum Gasteiger partial charge on any atom is -0.381 e. The van der Waals surface area contributed by atoms with Gasteiger partial charge in [-0.25, -0.2) is 14.1 Å². The number of aromatic nitrogens is 2. The third kappa shape index (κ3) is 4.28. The van der Waals surface area contributed by atoms with E-state index in [1.807, 2.05) is 0 Å². The van der Waals surface area contributed by atoms with Gasteiger partial charge in [-0.2, -0.15) is 5.10 Å². The van der Waals surface area contributed by atoms with Crippen molar-refractivity contribution in [3.63, 3.8) is 0 Å². The Kier molecular flexibility index (Phi) is 5.94. The number of fused-ring (bicyclic) bond motifs is 1. The summed E-state index contributed by atoms with van der Waals surface area (Å²) in [7, 11) is 2.11. The fourth-order valence-electron chi connectivity index (χ4n) is 4.73. The molecule has 4 atom stereocenters. The monoisotopic (exact) mass is 453 g/mol. The normalized spacial score (nSPS) is 27.3. The second-order valence-electron chi connectivity index (χ2n) is 8.75. The number of morpholine rings is 1. The molecule has 5 rings (SSSR count). The van der Waals surface area contributed by atoms with Gasteiger partial charge in [-0.05, 0) is 24.6 Å². The van der Waals surface area contributed by atoms with E-state index < -0.39 is 6.17 Å². The Balaban J connectivity index is 1.34. The highest BCUT2D eigenvalue weighted by Gasteiger charge is 2.31. The highest BCUT2D eigenvalue weighted by molar-refractivity contribution is 6.04. The lowest BCUT2D eigenvalue weighted by Gasteiger charge is -2.33. The number of halogens is 1. The zero-order chi connectivity index (χ0) is 22.9. The molecule has 0 aliphatic carbocycles. The van der Waals surface area contributed by atoms with Crippen LogP contribution in [0.5, 0.6) is 0 Å². The SMILES string of the molecule is CN1CCOC[C@@H]1c1ccc(C2CCN=CC2NC(=O)c2c(N)nn3c2N=CC(F)C3)cc1. The van der Waals surface area contributed by atoms with Crippen LogP contribution in [0.15, 0.2) is 34.3 Å². The average Bonchev–Trinajstić information content (AvgIpc) is 3.15. The fraction of sp³-hybridized carbons (Fsp3) is 0.478. The zero-order valence-corrected chi connectivity index (χ0v) is 18.5. The van der Waals surface area contributed by atoms with Gasteiger partial charge in [0.05, 0.1) is 31.8 Å². The van der Waals surface area contributed by atoms with E-state index in [0.717, 1.165) is 25.1 Å². The van der Waals surface area contributed by atoms with Gasteiger partial charge in [-0.1, -0.05) is 24.3 Å². The lowest BCUT2D eigenvalue weighted by atomic mass is 9.86. The molecule has 1 aromatic carbocycles. The number of amides is 1. The van der Waals surface area contributed by atoms with Crippen molar-refractivity contribution < 1.29 is 13.9 Å². The molecule has 1 aromatic heterocycles. The van der Waals surface area contributed by atoms with Crippen LogP contribution < -0.4 is 11.1 Å². The van der Waals surface area contributed by atoms with E-state index in [2.05, 4.69) is 56.6 Å². The molecule has 2 aromatic rings. The molecule has 1 amide bonds. The smallest absolute Gasteiger partial charge is 0.259 e. The molecule has 3 aliphatic rings. The van der Waals surface area contributed by atoms with E-state index in [1.54, 1.807) is 6.21 Å². The molecule has 3 unspecified atom stereocenters. The van der Waals surface area contributed by atoms with Gasteiger partial charge in [0.1, 0.15) is 5.56 Å². The van der Waals surface area contributed by atoms with E-state index in [1.165, 1.54) is 16.5 Å². The van der Waals surface area contributed by atoms with Crippen molar-refractivity contribution in [3.8, 4) is 0 Å². The number of carbonyl (C=O) groups is 1. The van der Waals surface area contributed by atoms with Crippen molar-refractivity contribution >= 4 is 30.0 Å². The molecule has 3 aliphatic heterocycles. The van der Waals surface area contributed by atoms with Crippen molar-refractivity contribution in [3.05, 3.63) is 41.0 Å². The summed E-state index contributed by atoms with van der Waals surface area (Å²) < 4.78 is 20.6. The second kappa shape index (κ2) is 9.03. The first-order valence-corrected chi connectivity index (χ1v) is 11.2. The quantitative estimate of drug-likeness (QED) is 0.735. The molecule has 0 bridgehead atoms. The number of nitrogens with one attached hydrogen (secondary N) is 1. The lowest BCUT2D eigenvalue weighted by Crippen LogP contribution is -2.42. The number of hydrogen-bond donors (Lipinski definition) is 2. The first-order valence-electron chi connectivity index (χ1n) is 11.2. The largest absolute Gasteiger partial charge is 0.381 e. The minimum absolute atomic E-state index is 0.00258. The van der Waals surface area contributed by atoms with Crippen LogP contribution in [-0.2, 0) is 11.3 Å². The molecule has 1 fully saturated rings. The van der Waals surface area contributed by atoms with Crippen LogP contribution in [0.25, 0.3) is 0 Å². The Morgan fingerprint density at radius 2 is 2.03 bits per heavy atom. The van der Waals surface area contributed by atoms with Crippen LogP contribution in [0.2, 0.25) is 0 Å². The molecular formula is C23H28FN7O2. The van der Waals surface area contributed by atoms with E-state index >= 15 is 0 Å². The van der Waals surface area contributed by atoms with E-state index in [0.29, 0.717) is 13.2 Å². The molecule has 10 heteroatoms. The maximum absolute atomic E-state index is 13.6. The predicted octanol–water partition coefficient (Wildman–Crippen LogP) is 1.88. The number of anilines is 1. The number of nitrogens with two attached hydrogens (primary N) is 1. The number of rotatable bonds is 4. The number of ether oxygens (including phenoxy) is 1. The summed E-state index contributed by atoms with van der Waals surface area (Å²) in [5.74, 6) is 0.0175. The van der Waals surface area contributed by atoms with E-state index in [4.69, 9.17) is 10.5 Å². The minimum atomic E-state index is -1.24. The lowest BCUT2D eigenvalue weighted by molar-refractivity contribution is 0.00505. The maximum Gasteiger partial charge on any atom is 0.259 e. The number of nitrogen functional groups attached to an aromatic ring is 1. The number of likely N-dealkylation sites (N-methyl/N-ethyl adjacent to an activating group) is 1. The standard InChI is InChI=1S/C23H28FN7O2/c1-30-8-9-33-13-19(30)15-4-2-14(3-5-15)17-6-7-26-11-18(17)28-23(32)20-21(25)29-31-12-16(24)10-27-22(20)31/h2-5,10-11,16-19H,6-9,12-13H2,1H3,(H2,25,29)(H,28,32)/t16?,17?,18?,19-/m1/s1. The molecule has 174 valence electrons. The highest BCUT2D eigenvalue weighted by Crippen LogP contribution is 2.31. The Bertz CT molecular complexity index is 1080. The summed E-state index contributed by atoms with van der Waals surface area (Å²) in [5.41, 5.74) is 8.51. The van der Waals surface area contributed by atoms with Crippen LogP contribution in [0, 0.1) is 0 Å². The number of benzene rings is 1. The summed E-state index contributed by atoms with van der Waals surface area (Å²) in [5, 5.41) is 7.12. The Morgan fingerprint density at radius 3 is 2.82 bits per heavy atom. The Hall–Kier alpha value is -3.11. The number of carbonyl (C=O) groups excluding carboxylic acids is 1. The van der Waals surface area contributed by atoms with Crippen LogP contribution in [-0.4, -0.2) is 78.6 Å². The summed E-state index contributed by atoms with van der Waals surface area (Å²) >= 11 is 0. The Labute approximate surface area is 191 Å². The first-order chi connectivity index (χ1) is 16.0. The second-order valence-corrected chi connectivity index (χ2v) is 8.75. The molecule has 4 heterocycles. The Morgan fingerprint density at radius 1 is 1.24 bits per heavy atom. The molecule has 1 saturated heterocycles. The van der Waals surface area contributed by atoms with Gasteiger partial charge in [0.2, 0.25) is 0 Å². The molecule has 0 radical (unpaired) electrons. The molecule has 3 N–H and O–H groups in total. The van der Waals surface area contributed by atoms with Crippen molar-refractivity contribution in [1.29, 1.82) is 0 Å². The fourth-order valence-corrected chi connectivity index (χ4v) is 4.73. The summed E-state index contributed by atoms with van der Waals surface area (Å²) in [4.78, 5) is 23.9. The first kappa shape index (κ1) is 21.7. The molecule has 0 spiro atoms. The zero-order valence-electron chi connectivity index (χ0n) is 18.5. The van der Waals surface area contributed by atoms with Crippen molar-refractivity contribution in [2.45, 2.75) is 37.1 Å². The number of alkyl halides is 1. The molecule has 0 saturated carbocycles. The number of aliphatic imine (C=N–C) groups is 2. The van der Waals surface area contributed by atoms with Crippen LogP contribution in [0.3, 0.4) is 0 Å². The van der Waals surface area contributed by atoms with Crippen LogP contribution >= 0.6 is 0 Å². The van der Waals surface area contributed by atoms with Crippen LogP contribution in [0.1, 0.15) is 39.9 Å². The van der Waals surface area contributed by atoms with Gasteiger partial charge in [-0.15, -0.1) is 0 Å². The van der Waals surface area contributed by atoms with Crippen molar-refractivity contribution in [1.82, 2.24) is 20.0 Å². The number of nitrogens with zero attached hydrogens (tertiary/aromatic N) is 5. The van der Waals surface area contributed by atoms with Crippen molar-refractivity contribution in [2.75, 3.05) is 39.1 Å². The van der Waals surface area contributed by atoms with Crippen molar-refractivity contribution in [2.24, 2.45) is 9.98 Å². The van der Waals surface area contributed by atoms with Gasteiger partial charge in [0.25, 0.3) is 5.91 Å². The van der Waals surface area contributed by atoms with Crippen LogP contribution in [0.4, 0.5) is 16.0 Å². The summed E-state index contributed by atoms with van der Waals surface area (Å²) in [6.45, 7) is 3.06. The topological polar surface area (TPSA) is 110 Å². The third-order valence-electron chi connectivity index (χ3n) is 6.60. The summed E-state index contributed by atoms with van der Waals surface area (Å²) in [6, 6.07) is 8.49. The van der Waals surface area contributed by atoms with E-state index in [-0.39, 0.29) is 47.7 Å². The van der Waals surface area contributed by atoms with Gasteiger partial charge in [0.15, 0.2) is 17.8 Å². The average molecular weight is 454 g/mol. The molecule has 9 nitrogen and oxygen atoms in total. The van der Waals surface area contributed by atoms with Gasteiger partial charge >= 0.3 is 0 Å². The van der Waals surface area contributed by atoms with Gasteiger partial charge < -0.3 is 15.8 Å². The third-order valence-corrected chi connectivity index (χ3v) is 6.60. The van der Waals surface area contributed by atoms with Gasteiger partial charge in [-0.3, -0.25) is 14.7 Å². The number of hydrogen-bond acceptors (Lipinski definition) is 7. The molecule has 33 heavy (non-hydrogen) atoms. The highest BCUT2D eigenvalue weighted by atomic mass is 19.1. The molecular weight excluding hydrogens is 425 g/mol. The maximum atomic E-state index is 13.6. The summed E-state index contributed by atoms with van der Waals surface area (Å²) in [6.07, 6.45) is 2.53. The van der Waals surface area contributed by atoms with Gasteiger partial charge in [0, 0.05) is 31.4 Å². The van der Waals surface area contributed by atoms with E-state index in [9.17, 15) is 9.18 Å². The predicted molar refractivity (Wildman–Crippen MR) is 124 cm³/mol.